The van der Waals surface area contributed by atoms with Gasteiger partial charge in [-0.05, 0) is 24.1 Å². The molecule has 1 aromatic carbocycles. The molecule has 1 aliphatic rings. The second-order valence-corrected chi connectivity index (χ2v) is 5.17. The monoisotopic (exact) mass is 290 g/mol. The molecule has 0 atom stereocenters. The molecule has 6 nitrogen and oxygen atoms in total. The number of aliphatic carboxylic acids is 1. The highest BCUT2D eigenvalue weighted by molar-refractivity contribution is 5.95. The zero-order chi connectivity index (χ0) is 15.4. The van der Waals surface area contributed by atoms with Crippen molar-refractivity contribution in [2.45, 2.75) is 19.4 Å². The van der Waals surface area contributed by atoms with E-state index in [0.717, 1.165) is 23.4 Å². The van der Waals surface area contributed by atoms with Crippen LogP contribution in [0.1, 0.15) is 28.8 Å². The molecule has 112 valence electrons. The van der Waals surface area contributed by atoms with Gasteiger partial charge in [0.1, 0.15) is 6.54 Å². The average molecular weight is 290 g/mol. The standard InChI is InChI=1S/C15H18N2O4/c1-16(10-14(19)20)15(21)12-6-4-11(5-7-12)9-17-8-2-3-13(17)18/h4-7H,2-3,8-10H2,1H3,(H,19,20). The number of likely N-dealkylation sites (N-methyl/N-ethyl adjacent to an activating group) is 1. The van der Waals surface area contributed by atoms with Crippen LogP contribution >= 0.6 is 0 Å². The van der Waals surface area contributed by atoms with Crippen molar-refractivity contribution in [2.24, 2.45) is 0 Å². The molecule has 6 heteroatoms. The Hall–Kier alpha value is -2.37. The molecule has 1 fully saturated rings. The first-order valence-corrected chi connectivity index (χ1v) is 6.81. The Labute approximate surface area is 123 Å². The van der Waals surface area contributed by atoms with Gasteiger partial charge in [0, 0.05) is 32.1 Å². The Bertz CT molecular complexity index is 553. The number of carboxylic acid groups (broad SMARTS) is 1. The molecule has 2 amide bonds. The molecule has 0 spiro atoms. The summed E-state index contributed by atoms with van der Waals surface area (Å²) in [7, 11) is 1.45. The van der Waals surface area contributed by atoms with Crippen LogP contribution in [0.15, 0.2) is 24.3 Å². The Morgan fingerprint density at radius 1 is 1.29 bits per heavy atom. The van der Waals surface area contributed by atoms with Crippen LogP contribution in [0.4, 0.5) is 0 Å². The third kappa shape index (κ3) is 3.81. The van der Waals surface area contributed by atoms with Gasteiger partial charge in [-0.2, -0.15) is 0 Å². The lowest BCUT2D eigenvalue weighted by Gasteiger charge is -2.17. The van der Waals surface area contributed by atoms with Gasteiger partial charge in [0.15, 0.2) is 0 Å². The van der Waals surface area contributed by atoms with Gasteiger partial charge in [-0.25, -0.2) is 0 Å². The number of benzene rings is 1. The third-order valence-corrected chi connectivity index (χ3v) is 3.46. The molecule has 0 radical (unpaired) electrons. The second-order valence-electron chi connectivity index (χ2n) is 5.17. The summed E-state index contributed by atoms with van der Waals surface area (Å²) in [6, 6.07) is 6.92. The number of carbonyl (C=O) groups excluding carboxylic acids is 2. The molecule has 1 heterocycles. The number of hydrogen-bond donors (Lipinski definition) is 1. The SMILES string of the molecule is CN(CC(=O)O)C(=O)c1ccc(CN2CCCC2=O)cc1. The van der Waals surface area contributed by atoms with Crippen LogP contribution in [0, 0.1) is 0 Å². The van der Waals surface area contributed by atoms with Crippen molar-refractivity contribution in [3.63, 3.8) is 0 Å². The van der Waals surface area contributed by atoms with Crippen LogP contribution in [0.2, 0.25) is 0 Å². The maximum absolute atomic E-state index is 12.0. The number of amides is 2. The number of likely N-dealkylation sites (tertiary alicyclic amines) is 1. The Morgan fingerprint density at radius 3 is 2.48 bits per heavy atom. The van der Waals surface area contributed by atoms with E-state index < -0.39 is 5.97 Å². The number of carbonyl (C=O) groups is 3. The highest BCUT2D eigenvalue weighted by atomic mass is 16.4. The number of rotatable bonds is 5. The normalized spacial score (nSPS) is 14.3. The molecule has 1 N–H and O–H groups in total. The van der Waals surface area contributed by atoms with Crippen molar-refractivity contribution in [2.75, 3.05) is 20.1 Å². The lowest BCUT2D eigenvalue weighted by Crippen LogP contribution is -2.31. The summed E-state index contributed by atoms with van der Waals surface area (Å²) in [4.78, 5) is 37.1. The van der Waals surface area contributed by atoms with E-state index in [9.17, 15) is 14.4 Å². The van der Waals surface area contributed by atoms with E-state index in [1.54, 1.807) is 29.2 Å². The van der Waals surface area contributed by atoms with Crippen LogP contribution in [-0.2, 0) is 16.1 Å². The third-order valence-electron chi connectivity index (χ3n) is 3.46. The van der Waals surface area contributed by atoms with Crippen LogP contribution in [0.5, 0.6) is 0 Å². The number of carboxylic acids is 1. The fraction of sp³-hybridized carbons (Fsp3) is 0.400. The van der Waals surface area contributed by atoms with E-state index in [0.29, 0.717) is 18.5 Å². The van der Waals surface area contributed by atoms with E-state index in [1.165, 1.54) is 7.05 Å². The Morgan fingerprint density at radius 2 is 1.95 bits per heavy atom. The van der Waals surface area contributed by atoms with Gasteiger partial charge in [0.25, 0.3) is 5.91 Å². The van der Waals surface area contributed by atoms with Crippen molar-refractivity contribution in [3.8, 4) is 0 Å². The molecule has 1 aromatic rings. The summed E-state index contributed by atoms with van der Waals surface area (Å²) in [5.41, 5.74) is 1.40. The molecule has 0 unspecified atom stereocenters. The van der Waals surface area contributed by atoms with E-state index in [-0.39, 0.29) is 18.4 Å². The minimum Gasteiger partial charge on any atom is -0.480 e. The topological polar surface area (TPSA) is 77.9 Å². The van der Waals surface area contributed by atoms with E-state index in [1.807, 2.05) is 0 Å². The van der Waals surface area contributed by atoms with Gasteiger partial charge >= 0.3 is 5.97 Å². The summed E-state index contributed by atoms with van der Waals surface area (Å²) in [6.45, 7) is 1.00. The van der Waals surface area contributed by atoms with Crippen molar-refractivity contribution >= 4 is 17.8 Å². The Balaban J connectivity index is 1.99. The smallest absolute Gasteiger partial charge is 0.323 e. The fourth-order valence-electron chi connectivity index (χ4n) is 2.34. The molecular formula is C15H18N2O4. The fourth-order valence-corrected chi connectivity index (χ4v) is 2.34. The highest BCUT2D eigenvalue weighted by Gasteiger charge is 2.20. The maximum Gasteiger partial charge on any atom is 0.323 e. The van der Waals surface area contributed by atoms with Gasteiger partial charge in [0.2, 0.25) is 5.91 Å². The number of hydrogen-bond acceptors (Lipinski definition) is 3. The van der Waals surface area contributed by atoms with Crippen molar-refractivity contribution in [1.29, 1.82) is 0 Å². The molecule has 0 aromatic heterocycles. The zero-order valence-corrected chi connectivity index (χ0v) is 11.9. The van der Waals surface area contributed by atoms with E-state index in [4.69, 9.17) is 5.11 Å². The molecule has 2 rings (SSSR count). The molecule has 1 aliphatic heterocycles. The first kappa shape index (κ1) is 15.0. The minimum absolute atomic E-state index is 0.163. The van der Waals surface area contributed by atoms with E-state index in [2.05, 4.69) is 0 Å². The van der Waals surface area contributed by atoms with Gasteiger partial charge in [-0.15, -0.1) is 0 Å². The van der Waals surface area contributed by atoms with Crippen molar-refractivity contribution in [1.82, 2.24) is 9.80 Å². The first-order valence-electron chi connectivity index (χ1n) is 6.81. The highest BCUT2D eigenvalue weighted by Crippen LogP contribution is 2.15. The van der Waals surface area contributed by atoms with Gasteiger partial charge in [-0.3, -0.25) is 14.4 Å². The first-order chi connectivity index (χ1) is 9.97. The summed E-state index contributed by atoms with van der Waals surface area (Å²) in [5.74, 6) is -1.22. The quantitative estimate of drug-likeness (QED) is 0.876. The number of nitrogens with zero attached hydrogens (tertiary/aromatic N) is 2. The van der Waals surface area contributed by atoms with Crippen LogP contribution in [-0.4, -0.2) is 52.8 Å². The van der Waals surface area contributed by atoms with Crippen molar-refractivity contribution in [3.05, 3.63) is 35.4 Å². The molecule has 0 bridgehead atoms. The Kier molecular flexibility index (Phi) is 4.57. The summed E-state index contributed by atoms with van der Waals surface area (Å²) in [6.07, 6.45) is 1.51. The van der Waals surface area contributed by atoms with Crippen LogP contribution in [0.3, 0.4) is 0 Å². The zero-order valence-electron chi connectivity index (χ0n) is 11.9. The van der Waals surface area contributed by atoms with Crippen molar-refractivity contribution < 1.29 is 19.5 Å². The predicted molar refractivity (Wildman–Crippen MR) is 75.7 cm³/mol. The summed E-state index contributed by atoms with van der Waals surface area (Å²) >= 11 is 0. The van der Waals surface area contributed by atoms with Crippen LogP contribution in [0.25, 0.3) is 0 Å². The second kappa shape index (κ2) is 6.39. The summed E-state index contributed by atoms with van der Waals surface area (Å²) in [5, 5.41) is 8.68. The average Bonchev–Trinajstić information content (AvgIpc) is 2.83. The van der Waals surface area contributed by atoms with Gasteiger partial charge in [-0.1, -0.05) is 12.1 Å². The molecule has 0 saturated carbocycles. The predicted octanol–water partition coefficient (Wildman–Crippen LogP) is 0.966. The maximum atomic E-state index is 12.0. The molecule has 1 saturated heterocycles. The van der Waals surface area contributed by atoms with Gasteiger partial charge in [0.05, 0.1) is 0 Å². The van der Waals surface area contributed by atoms with Crippen LogP contribution < -0.4 is 0 Å². The molecule has 0 aliphatic carbocycles. The summed E-state index contributed by atoms with van der Waals surface area (Å²) < 4.78 is 0. The lowest BCUT2D eigenvalue weighted by atomic mass is 10.1. The van der Waals surface area contributed by atoms with Gasteiger partial charge < -0.3 is 14.9 Å². The molecule has 21 heavy (non-hydrogen) atoms. The largest absolute Gasteiger partial charge is 0.480 e. The molecular weight excluding hydrogens is 272 g/mol. The van der Waals surface area contributed by atoms with E-state index >= 15 is 0 Å². The minimum atomic E-state index is -1.05. The lowest BCUT2D eigenvalue weighted by molar-refractivity contribution is -0.137.